The van der Waals surface area contributed by atoms with Gasteiger partial charge in [-0.15, -0.1) is 24.8 Å². The Kier molecular flexibility index (Phi) is 11.0. The van der Waals surface area contributed by atoms with Gasteiger partial charge in [0, 0.05) is 6.07 Å². The van der Waals surface area contributed by atoms with Crippen molar-refractivity contribution in [2.75, 3.05) is 12.4 Å². The fourth-order valence-corrected chi connectivity index (χ4v) is 5.17. The number of phenols is 3. The largest absolute Gasteiger partial charge is 0.505 e. The molecule has 3 aromatic carbocycles. The smallest absolute Gasteiger partial charge is 0.397 e. The van der Waals surface area contributed by atoms with Crippen LogP contribution in [0.5, 0.6) is 17.2 Å². The van der Waals surface area contributed by atoms with Gasteiger partial charge in [-0.1, -0.05) is 5.04 Å². The maximum atomic E-state index is 12.5. The predicted molar refractivity (Wildman–Crippen MR) is 146 cm³/mol. The van der Waals surface area contributed by atoms with Crippen LogP contribution >= 0.6 is 12.0 Å². The minimum absolute atomic E-state index is 0.192. The van der Waals surface area contributed by atoms with Crippen LogP contribution in [0.3, 0.4) is 0 Å². The molecule has 45 heavy (non-hydrogen) atoms. The third-order valence-corrected chi connectivity index (χ3v) is 7.90. The Labute approximate surface area is 254 Å². The molecule has 0 aliphatic carbocycles. The van der Waals surface area contributed by atoms with E-state index >= 15 is 0 Å². The molecule has 25 heteroatoms. The van der Waals surface area contributed by atoms with Crippen LogP contribution in [0.15, 0.2) is 72.7 Å². The summed E-state index contributed by atoms with van der Waals surface area (Å²) in [5, 5.41) is 79.7. The molecule has 0 unspecified atom stereocenters. The molecule has 0 aliphatic heterocycles. The first-order valence-corrected chi connectivity index (χ1v) is 15.0. The van der Waals surface area contributed by atoms with E-state index in [2.05, 4.69) is 34.0 Å². The number of nitrogens with zero attached hydrogens (tertiary/aromatic N) is 6. The van der Waals surface area contributed by atoms with Gasteiger partial charge >= 0.3 is 16.1 Å². The summed E-state index contributed by atoms with van der Waals surface area (Å²) in [7, 11) is -9.12. The Balaban J connectivity index is 1.98. The number of hydrogen-bond donors (Lipinski definition) is 5. The van der Waals surface area contributed by atoms with Crippen LogP contribution in [-0.2, 0) is 33.8 Å². The van der Waals surface area contributed by atoms with Gasteiger partial charge in [0.1, 0.15) is 22.8 Å². The molecule has 0 saturated heterocycles. The van der Waals surface area contributed by atoms with Gasteiger partial charge in [-0.2, -0.15) is 8.42 Å². The molecule has 0 saturated carbocycles. The highest BCUT2D eigenvalue weighted by Crippen LogP contribution is 2.46. The molecule has 0 aromatic heterocycles. The predicted octanol–water partition coefficient (Wildman–Crippen LogP) is 4.47. The molecular weight excluding hydrogens is 676 g/mol. The van der Waals surface area contributed by atoms with Crippen molar-refractivity contribution in [3.8, 4) is 17.2 Å². The van der Waals surface area contributed by atoms with Crippen molar-refractivity contribution in [1.82, 2.24) is 0 Å². The lowest BCUT2D eigenvalue weighted by Crippen LogP contribution is -2.15. The average Bonchev–Trinajstić information content (AvgIpc) is 2.95. The van der Waals surface area contributed by atoms with Gasteiger partial charge in [-0.3, -0.25) is 24.8 Å². The Bertz CT molecular complexity index is 1920. The van der Waals surface area contributed by atoms with Crippen LogP contribution in [0.1, 0.15) is 0 Å². The van der Waals surface area contributed by atoms with Crippen molar-refractivity contribution in [2.24, 2.45) is 20.5 Å². The van der Waals surface area contributed by atoms with E-state index in [1.54, 1.807) is 0 Å². The first kappa shape index (κ1) is 34.6. The molecule has 0 heterocycles. The fourth-order valence-electron chi connectivity index (χ4n) is 3.12. The number of azo groups is 2. The molecule has 0 spiro atoms. The second-order valence-corrected chi connectivity index (χ2v) is 11.9. The van der Waals surface area contributed by atoms with Gasteiger partial charge in [0.15, 0.2) is 21.3 Å². The SMILES string of the molecule is O=[N+]([O-])c1cc(/N=N/c2ccc(O)c(/N=N/c3ccc(S(=O)(=O)CCOS(=O)(=O)O)cc3SOOO)c2O)c(O)c([N+](=O)[O-])c1. The summed E-state index contributed by atoms with van der Waals surface area (Å²) in [6.07, 6.45) is 0. The first-order chi connectivity index (χ1) is 21.0. The highest BCUT2D eigenvalue weighted by atomic mass is 32.3. The van der Waals surface area contributed by atoms with Gasteiger partial charge < -0.3 is 15.3 Å². The Morgan fingerprint density at radius 3 is 2.09 bits per heavy atom. The van der Waals surface area contributed by atoms with E-state index in [4.69, 9.17) is 9.81 Å². The van der Waals surface area contributed by atoms with Crippen molar-refractivity contribution < 1.29 is 65.4 Å². The summed E-state index contributed by atoms with van der Waals surface area (Å²) in [5.41, 5.74) is -3.86. The zero-order valence-electron chi connectivity index (χ0n) is 21.6. The standard InChI is InChI=1S/C20H16N6O16S3/c27-16-4-3-13(22-23-14-7-10(25(30)31)8-15(19(14)28)26(32)33)20(29)18(16)24-21-12-2-1-11(9-17(12)43-42-41-34)44(35,36)6-5-40-45(37,38)39/h1-4,7-9,27-29,34H,5-6H2,(H,37,38,39)/b23-22+,24-21+. The Morgan fingerprint density at radius 2 is 1.47 bits per heavy atom. The van der Waals surface area contributed by atoms with Crippen LogP contribution in [0.2, 0.25) is 0 Å². The van der Waals surface area contributed by atoms with Crippen LogP contribution < -0.4 is 0 Å². The molecule has 0 amide bonds. The zero-order chi connectivity index (χ0) is 33.5. The molecule has 240 valence electrons. The third kappa shape index (κ3) is 9.06. The Morgan fingerprint density at radius 1 is 0.822 bits per heavy atom. The van der Waals surface area contributed by atoms with Crippen molar-refractivity contribution in [2.45, 2.75) is 9.79 Å². The summed E-state index contributed by atoms with van der Waals surface area (Å²) in [6.45, 7) is -0.925. The molecule has 3 rings (SSSR count). The van der Waals surface area contributed by atoms with Gasteiger partial charge in [0.25, 0.3) is 5.69 Å². The van der Waals surface area contributed by atoms with E-state index < -0.39 is 93.0 Å². The van der Waals surface area contributed by atoms with Gasteiger partial charge in [0.05, 0.1) is 50.1 Å². The minimum atomic E-state index is -4.90. The highest BCUT2D eigenvalue weighted by Gasteiger charge is 2.24. The number of rotatable bonds is 14. The number of sulfone groups is 1. The van der Waals surface area contributed by atoms with Crippen molar-refractivity contribution in [3.05, 3.63) is 62.7 Å². The number of nitro groups is 2. The van der Waals surface area contributed by atoms with E-state index in [1.807, 2.05) is 0 Å². The summed E-state index contributed by atoms with van der Waals surface area (Å²) in [6, 6.07) is 6.11. The second-order valence-electron chi connectivity index (χ2n) is 7.97. The molecule has 0 radical (unpaired) electrons. The number of benzene rings is 3. The van der Waals surface area contributed by atoms with E-state index in [0.717, 1.165) is 30.3 Å². The summed E-state index contributed by atoms with van der Waals surface area (Å²) in [4.78, 5) is 19.6. The highest BCUT2D eigenvalue weighted by molar-refractivity contribution is 7.95. The van der Waals surface area contributed by atoms with E-state index in [-0.39, 0.29) is 22.6 Å². The number of hydrogen-bond acceptors (Lipinski definition) is 20. The fraction of sp³-hybridized carbons (Fsp3) is 0.100. The molecule has 0 fully saturated rings. The summed E-state index contributed by atoms with van der Waals surface area (Å²) < 4.78 is 63.3. The quantitative estimate of drug-likeness (QED) is 0.0388. The van der Waals surface area contributed by atoms with E-state index in [1.165, 1.54) is 0 Å². The maximum Gasteiger partial charge on any atom is 0.397 e. The minimum Gasteiger partial charge on any atom is -0.505 e. The van der Waals surface area contributed by atoms with Crippen molar-refractivity contribution >= 4 is 66.4 Å². The zero-order valence-corrected chi connectivity index (χ0v) is 24.0. The summed E-state index contributed by atoms with van der Waals surface area (Å²) >= 11 is 0.230. The van der Waals surface area contributed by atoms with Crippen LogP contribution in [0, 0.1) is 20.2 Å². The lowest BCUT2D eigenvalue weighted by atomic mass is 10.2. The van der Waals surface area contributed by atoms with Crippen molar-refractivity contribution in [1.29, 1.82) is 0 Å². The van der Waals surface area contributed by atoms with Crippen LogP contribution in [0.25, 0.3) is 0 Å². The van der Waals surface area contributed by atoms with Crippen LogP contribution in [-0.4, -0.2) is 64.2 Å². The molecular formula is C20H16N6O16S3. The Hall–Kier alpha value is -4.89. The topological polar surface area (TPSA) is 333 Å². The van der Waals surface area contributed by atoms with Crippen LogP contribution in [0.4, 0.5) is 34.1 Å². The second kappa shape index (κ2) is 14.3. The number of phenolic OH excluding ortho intramolecular Hbond substituents is 3. The van der Waals surface area contributed by atoms with E-state index in [0.29, 0.717) is 12.1 Å². The van der Waals surface area contributed by atoms with Gasteiger partial charge in [0.2, 0.25) is 5.75 Å². The van der Waals surface area contributed by atoms with E-state index in [9.17, 15) is 52.4 Å². The maximum absolute atomic E-state index is 12.5. The number of nitro benzene ring substituents is 2. The normalized spacial score (nSPS) is 12.2. The van der Waals surface area contributed by atoms with Crippen molar-refractivity contribution in [3.63, 3.8) is 0 Å². The lowest BCUT2D eigenvalue weighted by molar-refractivity contribution is -0.432. The summed E-state index contributed by atoms with van der Waals surface area (Å²) in [5.74, 6) is -3.52. The molecule has 0 aliphatic rings. The molecule has 5 N–H and O–H groups in total. The number of aromatic hydroxyl groups is 3. The number of non-ortho nitro benzene ring substituents is 1. The van der Waals surface area contributed by atoms with Gasteiger partial charge in [-0.05, 0) is 30.3 Å². The molecule has 0 bridgehead atoms. The lowest BCUT2D eigenvalue weighted by Gasteiger charge is -2.08. The first-order valence-electron chi connectivity index (χ1n) is 11.2. The van der Waals surface area contributed by atoms with Gasteiger partial charge in [-0.25, -0.2) is 17.9 Å². The molecule has 3 aromatic rings. The molecule has 0 atom stereocenters. The monoisotopic (exact) mass is 692 g/mol. The average molecular weight is 693 g/mol. The third-order valence-electron chi connectivity index (χ3n) is 5.12. The molecule has 22 nitrogen and oxygen atoms in total.